The van der Waals surface area contributed by atoms with E-state index in [1.165, 1.54) is 0 Å². The van der Waals surface area contributed by atoms with Gasteiger partial charge in [-0.05, 0) is 37.9 Å². The maximum atomic E-state index is 12.5. The molecule has 1 aromatic rings. The highest BCUT2D eigenvalue weighted by Gasteiger charge is 2.33. The molecule has 2 amide bonds. The van der Waals surface area contributed by atoms with Crippen LogP contribution in [0.4, 0.5) is 10.6 Å². The van der Waals surface area contributed by atoms with Crippen LogP contribution in [-0.4, -0.2) is 36.2 Å². The molecule has 1 atom stereocenters. The topological polar surface area (TPSA) is 71.5 Å². The van der Waals surface area contributed by atoms with E-state index < -0.39 is 6.09 Å². The van der Waals surface area contributed by atoms with Gasteiger partial charge in [0.15, 0.2) is 0 Å². The maximum Gasteiger partial charge on any atom is 0.422 e. The zero-order valence-electron chi connectivity index (χ0n) is 12.2. The molecule has 0 unspecified atom stereocenters. The lowest BCUT2D eigenvalue weighted by atomic mass is 10.2. The van der Waals surface area contributed by atoms with Crippen LogP contribution in [0.2, 0.25) is 0 Å². The molecule has 6 nitrogen and oxygen atoms in total. The van der Waals surface area contributed by atoms with Crippen LogP contribution in [0.1, 0.15) is 32.6 Å². The fourth-order valence-electron chi connectivity index (χ4n) is 2.20. The first-order valence-electron chi connectivity index (χ1n) is 7.39. The van der Waals surface area contributed by atoms with E-state index >= 15 is 0 Å². The van der Waals surface area contributed by atoms with E-state index in [9.17, 15) is 9.59 Å². The van der Waals surface area contributed by atoms with Gasteiger partial charge in [0.1, 0.15) is 5.82 Å². The van der Waals surface area contributed by atoms with Crippen LogP contribution in [0.3, 0.4) is 0 Å². The first-order valence-corrected chi connectivity index (χ1v) is 7.39. The smallest absolute Gasteiger partial charge is 0.422 e. The highest BCUT2D eigenvalue weighted by molar-refractivity contribution is 6.13. The number of nitrogens with zero attached hydrogens (tertiary/aromatic N) is 2. The van der Waals surface area contributed by atoms with Crippen LogP contribution < -0.4 is 10.2 Å². The minimum atomic E-state index is -0.652. The molecule has 0 aromatic carbocycles. The molecule has 114 valence electrons. The first-order chi connectivity index (χ1) is 10.2. The Balaban J connectivity index is 2.13. The Bertz CT molecular complexity index is 472. The molecule has 2 heterocycles. The summed E-state index contributed by atoms with van der Waals surface area (Å²) in [5.41, 5.74) is 0. The number of hydrogen-bond acceptors (Lipinski definition) is 5. The number of rotatable bonds is 5. The summed E-state index contributed by atoms with van der Waals surface area (Å²) in [6.45, 7) is 3.11. The van der Waals surface area contributed by atoms with Crippen LogP contribution in [0, 0.1) is 0 Å². The van der Waals surface area contributed by atoms with Gasteiger partial charge in [-0.2, -0.15) is 4.90 Å². The molecule has 0 saturated carbocycles. The second kappa shape index (κ2) is 7.73. The highest BCUT2D eigenvalue weighted by atomic mass is 16.6. The number of ether oxygens (including phenoxy) is 1. The molecule has 1 aliphatic rings. The molecule has 0 aliphatic carbocycles. The van der Waals surface area contributed by atoms with E-state index in [0.29, 0.717) is 12.4 Å². The van der Waals surface area contributed by atoms with Crippen molar-refractivity contribution in [3.8, 4) is 0 Å². The van der Waals surface area contributed by atoms with Crippen LogP contribution in [0.25, 0.3) is 0 Å². The van der Waals surface area contributed by atoms with Crippen molar-refractivity contribution in [2.24, 2.45) is 0 Å². The minimum absolute atomic E-state index is 0.298. The Morgan fingerprint density at radius 1 is 1.48 bits per heavy atom. The van der Waals surface area contributed by atoms with E-state index in [-0.39, 0.29) is 11.9 Å². The fourth-order valence-corrected chi connectivity index (χ4v) is 2.20. The maximum absolute atomic E-state index is 12.5. The lowest BCUT2D eigenvalue weighted by Gasteiger charge is -2.22. The molecule has 1 aliphatic heterocycles. The standard InChI is InChI=1S/C15H21N3O3/c1-2-3-11-21-15(20)18(13-8-4-5-9-17-13)14(19)12-7-6-10-16-12/h4-5,8-9,12,16H,2-3,6-7,10-11H2,1H3/t12-/m0/s1. The molecular formula is C15H21N3O3. The lowest BCUT2D eigenvalue weighted by Crippen LogP contribution is -2.47. The molecule has 1 saturated heterocycles. The van der Waals surface area contributed by atoms with Crippen molar-refractivity contribution in [1.29, 1.82) is 0 Å². The summed E-state index contributed by atoms with van der Waals surface area (Å²) in [5, 5.41) is 3.10. The zero-order valence-corrected chi connectivity index (χ0v) is 12.2. The van der Waals surface area contributed by atoms with Gasteiger partial charge in [0.05, 0.1) is 12.6 Å². The predicted molar refractivity (Wildman–Crippen MR) is 79.0 cm³/mol. The van der Waals surface area contributed by atoms with Gasteiger partial charge >= 0.3 is 6.09 Å². The normalized spacial score (nSPS) is 17.5. The Hall–Kier alpha value is -1.95. The summed E-state index contributed by atoms with van der Waals surface area (Å²) in [6.07, 6.45) is 4.26. The molecule has 0 bridgehead atoms. The van der Waals surface area contributed by atoms with Crippen molar-refractivity contribution in [1.82, 2.24) is 10.3 Å². The van der Waals surface area contributed by atoms with Gasteiger partial charge in [-0.25, -0.2) is 9.78 Å². The van der Waals surface area contributed by atoms with E-state index in [1.54, 1.807) is 24.4 Å². The average Bonchev–Trinajstić information content (AvgIpc) is 3.03. The fraction of sp³-hybridized carbons (Fsp3) is 0.533. The number of pyridine rings is 1. The van der Waals surface area contributed by atoms with E-state index in [4.69, 9.17) is 4.74 Å². The van der Waals surface area contributed by atoms with Gasteiger partial charge < -0.3 is 10.1 Å². The number of nitrogens with one attached hydrogen (secondary N) is 1. The van der Waals surface area contributed by atoms with Gasteiger partial charge in [-0.3, -0.25) is 4.79 Å². The molecule has 1 aromatic heterocycles. The number of carbonyl (C=O) groups is 2. The molecule has 1 fully saturated rings. The van der Waals surface area contributed by atoms with Crippen molar-refractivity contribution in [2.75, 3.05) is 18.1 Å². The van der Waals surface area contributed by atoms with Crippen LogP contribution >= 0.6 is 0 Å². The summed E-state index contributed by atoms with van der Waals surface area (Å²) in [5.74, 6) is 0.00500. The van der Waals surface area contributed by atoms with Gasteiger partial charge in [-0.15, -0.1) is 0 Å². The third kappa shape index (κ3) is 4.01. The van der Waals surface area contributed by atoms with Crippen molar-refractivity contribution in [3.05, 3.63) is 24.4 Å². The lowest BCUT2D eigenvalue weighted by molar-refractivity contribution is -0.119. The Morgan fingerprint density at radius 2 is 2.33 bits per heavy atom. The zero-order chi connectivity index (χ0) is 15.1. The second-order valence-electron chi connectivity index (χ2n) is 4.98. The summed E-state index contributed by atoms with van der Waals surface area (Å²) in [4.78, 5) is 29.9. The number of imide groups is 1. The Morgan fingerprint density at radius 3 is 2.95 bits per heavy atom. The van der Waals surface area contributed by atoms with Crippen LogP contribution in [0.15, 0.2) is 24.4 Å². The highest BCUT2D eigenvalue weighted by Crippen LogP contribution is 2.16. The third-order valence-corrected chi connectivity index (χ3v) is 3.36. The third-order valence-electron chi connectivity index (χ3n) is 3.36. The summed E-state index contributed by atoms with van der Waals surface area (Å²) >= 11 is 0. The van der Waals surface area contributed by atoms with Gasteiger partial charge in [-0.1, -0.05) is 19.4 Å². The number of carbonyl (C=O) groups excluding carboxylic acids is 2. The van der Waals surface area contributed by atoms with Gasteiger partial charge in [0.25, 0.3) is 5.91 Å². The van der Waals surface area contributed by atoms with Crippen molar-refractivity contribution in [2.45, 2.75) is 38.6 Å². The van der Waals surface area contributed by atoms with E-state index in [0.717, 1.165) is 37.1 Å². The summed E-state index contributed by atoms with van der Waals surface area (Å²) < 4.78 is 5.18. The SMILES string of the molecule is CCCCOC(=O)N(C(=O)[C@@H]1CCCN1)c1ccccn1. The average molecular weight is 291 g/mol. The Labute approximate surface area is 124 Å². The number of anilines is 1. The van der Waals surface area contributed by atoms with Crippen molar-refractivity contribution < 1.29 is 14.3 Å². The second-order valence-corrected chi connectivity index (χ2v) is 4.98. The molecule has 6 heteroatoms. The van der Waals surface area contributed by atoms with Crippen LogP contribution in [-0.2, 0) is 9.53 Å². The number of hydrogen-bond donors (Lipinski definition) is 1. The Kier molecular flexibility index (Phi) is 5.68. The van der Waals surface area contributed by atoms with Crippen LogP contribution in [0.5, 0.6) is 0 Å². The van der Waals surface area contributed by atoms with E-state index in [1.807, 2.05) is 6.92 Å². The molecule has 2 rings (SSSR count). The first kappa shape index (κ1) is 15.4. The summed E-state index contributed by atoms with van der Waals surface area (Å²) in [6, 6.07) is 4.77. The number of aromatic nitrogens is 1. The molecule has 0 radical (unpaired) electrons. The predicted octanol–water partition coefficient (Wildman–Crippen LogP) is 2.10. The molecule has 0 spiro atoms. The quantitative estimate of drug-likeness (QED) is 0.841. The summed E-state index contributed by atoms with van der Waals surface area (Å²) in [7, 11) is 0. The number of unbranched alkanes of at least 4 members (excludes halogenated alkanes) is 1. The van der Waals surface area contributed by atoms with Crippen molar-refractivity contribution in [3.63, 3.8) is 0 Å². The molecule has 21 heavy (non-hydrogen) atoms. The van der Waals surface area contributed by atoms with Crippen molar-refractivity contribution >= 4 is 17.8 Å². The monoisotopic (exact) mass is 291 g/mol. The van der Waals surface area contributed by atoms with Gasteiger partial charge in [0.2, 0.25) is 0 Å². The van der Waals surface area contributed by atoms with E-state index in [2.05, 4.69) is 10.3 Å². The molecular weight excluding hydrogens is 270 g/mol. The van der Waals surface area contributed by atoms with Gasteiger partial charge in [0, 0.05) is 6.20 Å². The minimum Gasteiger partial charge on any atom is -0.449 e. The molecule has 1 N–H and O–H groups in total. The largest absolute Gasteiger partial charge is 0.449 e. The number of amides is 2.